The molecule has 0 aliphatic heterocycles. The van der Waals surface area contributed by atoms with Crippen LogP contribution in [0.2, 0.25) is 0 Å². The van der Waals surface area contributed by atoms with Crippen molar-refractivity contribution in [1.29, 1.82) is 0 Å². The molecule has 2 nitrogen and oxygen atoms in total. The number of benzene rings is 2. The molecule has 0 bridgehead atoms. The van der Waals surface area contributed by atoms with Crippen LogP contribution in [0, 0.1) is 5.92 Å². The summed E-state index contributed by atoms with van der Waals surface area (Å²) in [6.07, 6.45) is 0. The van der Waals surface area contributed by atoms with Gasteiger partial charge >= 0.3 is 0 Å². The van der Waals surface area contributed by atoms with Crippen LogP contribution in [0.25, 0.3) is 0 Å². The van der Waals surface area contributed by atoms with E-state index in [1.807, 2.05) is 7.05 Å². The Morgan fingerprint density at radius 2 is 1.52 bits per heavy atom. The highest BCUT2D eigenvalue weighted by atomic mass is 15.1. The zero-order valence-electron chi connectivity index (χ0n) is 13.3. The number of para-hydroxylation sites is 1. The Kier molecular flexibility index (Phi) is 5.82. The molecule has 0 aliphatic rings. The van der Waals surface area contributed by atoms with E-state index in [4.69, 9.17) is 0 Å². The summed E-state index contributed by atoms with van der Waals surface area (Å²) >= 11 is 0. The first-order valence-corrected chi connectivity index (χ1v) is 7.78. The average molecular weight is 282 g/mol. The number of hydrogen-bond donors (Lipinski definition) is 1. The van der Waals surface area contributed by atoms with E-state index in [-0.39, 0.29) is 0 Å². The van der Waals surface area contributed by atoms with Crippen molar-refractivity contribution in [2.75, 3.05) is 25.0 Å². The van der Waals surface area contributed by atoms with Gasteiger partial charge in [-0.25, -0.2) is 0 Å². The fourth-order valence-electron chi connectivity index (χ4n) is 2.95. The summed E-state index contributed by atoms with van der Waals surface area (Å²) < 4.78 is 0. The molecule has 0 amide bonds. The van der Waals surface area contributed by atoms with E-state index < -0.39 is 0 Å². The number of anilines is 1. The van der Waals surface area contributed by atoms with E-state index in [1.165, 1.54) is 11.3 Å². The highest BCUT2D eigenvalue weighted by Crippen LogP contribution is 2.24. The summed E-state index contributed by atoms with van der Waals surface area (Å²) in [5.41, 5.74) is 2.66. The third kappa shape index (κ3) is 4.08. The molecule has 0 saturated heterocycles. The maximum absolute atomic E-state index is 3.47. The first-order valence-electron chi connectivity index (χ1n) is 7.78. The minimum atomic E-state index is 0.379. The van der Waals surface area contributed by atoms with Crippen LogP contribution >= 0.6 is 0 Å². The van der Waals surface area contributed by atoms with Gasteiger partial charge in [-0.3, -0.25) is 0 Å². The number of nitrogens with one attached hydrogen (secondary N) is 1. The lowest BCUT2D eigenvalue weighted by Gasteiger charge is -2.31. The van der Waals surface area contributed by atoms with Crippen molar-refractivity contribution < 1.29 is 0 Å². The quantitative estimate of drug-likeness (QED) is 0.822. The van der Waals surface area contributed by atoms with Gasteiger partial charge in [0.05, 0.1) is 0 Å². The summed E-state index contributed by atoms with van der Waals surface area (Å²) in [5.74, 6) is 0.526. The molecule has 0 heterocycles. The van der Waals surface area contributed by atoms with Gasteiger partial charge in [0, 0.05) is 24.8 Å². The Morgan fingerprint density at radius 3 is 2.05 bits per heavy atom. The molecule has 112 valence electrons. The first kappa shape index (κ1) is 15.6. The molecule has 0 fully saturated rings. The van der Waals surface area contributed by atoms with Gasteiger partial charge in [0.15, 0.2) is 0 Å². The van der Waals surface area contributed by atoms with E-state index in [0.717, 1.165) is 13.1 Å². The van der Waals surface area contributed by atoms with Crippen LogP contribution in [-0.2, 0) is 0 Å². The van der Waals surface area contributed by atoms with Crippen molar-refractivity contribution in [3.8, 4) is 0 Å². The van der Waals surface area contributed by atoms with E-state index in [9.17, 15) is 0 Å². The minimum absolute atomic E-state index is 0.379. The minimum Gasteiger partial charge on any atom is -0.371 e. The maximum Gasteiger partial charge on any atom is 0.0366 e. The van der Waals surface area contributed by atoms with Gasteiger partial charge < -0.3 is 10.2 Å². The zero-order valence-corrected chi connectivity index (χ0v) is 13.3. The van der Waals surface area contributed by atoms with Crippen LogP contribution < -0.4 is 10.2 Å². The Morgan fingerprint density at radius 1 is 0.952 bits per heavy atom. The van der Waals surface area contributed by atoms with Crippen LogP contribution in [0.5, 0.6) is 0 Å². The highest BCUT2D eigenvalue weighted by molar-refractivity contribution is 5.45. The van der Waals surface area contributed by atoms with E-state index in [0.29, 0.717) is 12.0 Å². The molecule has 2 aromatic carbocycles. The second-order valence-electron chi connectivity index (χ2n) is 5.53. The number of nitrogens with zero attached hydrogens (tertiary/aromatic N) is 1. The summed E-state index contributed by atoms with van der Waals surface area (Å²) in [4.78, 5) is 2.44. The van der Waals surface area contributed by atoms with Crippen LogP contribution in [-0.4, -0.2) is 20.1 Å². The fraction of sp³-hybridized carbons (Fsp3) is 0.368. The average Bonchev–Trinajstić information content (AvgIpc) is 2.55. The van der Waals surface area contributed by atoms with Crippen LogP contribution in [0.4, 0.5) is 5.69 Å². The standard InChI is InChI=1S/C19H26N2/c1-4-21(18-13-9-6-10-14-18)15-16(2)19(20-3)17-11-7-5-8-12-17/h5-14,16,19-20H,4,15H2,1-3H3. The van der Waals surface area contributed by atoms with Crippen molar-refractivity contribution >= 4 is 5.69 Å². The maximum atomic E-state index is 3.47. The monoisotopic (exact) mass is 282 g/mol. The van der Waals surface area contributed by atoms with Crippen LogP contribution in [0.15, 0.2) is 60.7 Å². The summed E-state index contributed by atoms with van der Waals surface area (Å²) in [6.45, 7) is 6.61. The first-order chi connectivity index (χ1) is 10.3. The fourth-order valence-corrected chi connectivity index (χ4v) is 2.95. The molecule has 21 heavy (non-hydrogen) atoms. The second-order valence-corrected chi connectivity index (χ2v) is 5.53. The molecule has 2 heteroatoms. The van der Waals surface area contributed by atoms with Crippen molar-refractivity contribution in [2.24, 2.45) is 5.92 Å². The van der Waals surface area contributed by atoms with E-state index in [2.05, 4.69) is 84.7 Å². The Labute approximate surface area is 128 Å². The summed E-state index contributed by atoms with van der Waals surface area (Å²) in [6, 6.07) is 21.7. The zero-order chi connectivity index (χ0) is 15.1. The van der Waals surface area contributed by atoms with Crippen LogP contribution in [0.1, 0.15) is 25.5 Å². The molecule has 0 radical (unpaired) electrons. The molecule has 2 atom stereocenters. The Balaban J connectivity index is 2.09. The summed E-state index contributed by atoms with van der Waals surface area (Å²) in [7, 11) is 2.05. The van der Waals surface area contributed by atoms with Crippen LogP contribution in [0.3, 0.4) is 0 Å². The predicted octanol–water partition coefficient (Wildman–Crippen LogP) is 4.11. The molecule has 2 rings (SSSR count). The number of rotatable bonds is 7. The third-order valence-electron chi connectivity index (χ3n) is 4.05. The topological polar surface area (TPSA) is 15.3 Å². The highest BCUT2D eigenvalue weighted by Gasteiger charge is 2.19. The molecule has 0 spiro atoms. The van der Waals surface area contributed by atoms with Gasteiger partial charge in [0.2, 0.25) is 0 Å². The molecular formula is C19H26N2. The van der Waals surface area contributed by atoms with Gasteiger partial charge in [-0.15, -0.1) is 0 Å². The lowest BCUT2D eigenvalue weighted by molar-refractivity contribution is 0.410. The van der Waals surface area contributed by atoms with Crippen molar-refractivity contribution in [3.63, 3.8) is 0 Å². The van der Waals surface area contributed by atoms with E-state index >= 15 is 0 Å². The predicted molar refractivity (Wildman–Crippen MR) is 91.7 cm³/mol. The lowest BCUT2D eigenvalue weighted by Crippen LogP contribution is -2.34. The molecule has 2 aromatic rings. The molecule has 0 aliphatic carbocycles. The van der Waals surface area contributed by atoms with Gasteiger partial charge in [-0.1, -0.05) is 55.5 Å². The molecule has 2 unspecified atom stereocenters. The van der Waals surface area contributed by atoms with Crippen molar-refractivity contribution in [1.82, 2.24) is 5.32 Å². The molecular weight excluding hydrogens is 256 g/mol. The molecule has 0 saturated carbocycles. The largest absolute Gasteiger partial charge is 0.371 e. The van der Waals surface area contributed by atoms with Crippen molar-refractivity contribution in [3.05, 3.63) is 66.2 Å². The van der Waals surface area contributed by atoms with Gasteiger partial charge in [-0.2, -0.15) is 0 Å². The second kappa shape index (κ2) is 7.84. The normalized spacial score (nSPS) is 13.7. The van der Waals surface area contributed by atoms with Gasteiger partial charge in [-0.05, 0) is 37.6 Å². The Hall–Kier alpha value is -1.80. The Bertz CT molecular complexity index is 510. The third-order valence-corrected chi connectivity index (χ3v) is 4.05. The number of hydrogen-bond acceptors (Lipinski definition) is 2. The van der Waals surface area contributed by atoms with E-state index in [1.54, 1.807) is 0 Å². The SMILES string of the molecule is CCN(CC(C)C(NC)c1ccccc1)c1ccccc1. The summed E-state index contributed by atoms with van der Waals surface area (Å²) in [5, 5.41) is 3.47. The molecule has 1 N–H and O–H groups in total. The molecule has 0 aromatic heterocycles. The lowest BCUT2D eigenvalue weighted by atomic mass is 9.94. The van der Waals surface area contributed by atoms with Gasteiger partial charge in [0.25, 0.3) is 0 Å². The van der Waals surface area contributed by atoms with Crippen molar-refractivity contribution in [2.45, 2.75) is 19.9 Å². The van der Waals surface area contributed by atoms with Gasteiger partial charge in [0.1, 0.15) is 0 Å². The smallest absolute Gasteiger partial charge is 0.0366 e.